The van der Waals surface area contributed by atoms with Gasteiger partial charge >= 0.3 is 5.97 Å². The van der Waals surface area contributed by atoms with Gasteiger partial charge in [0.1, 0.15) is 5.75 Å². The predicted molar refractivity (Wildman–Crippen MR) is 76.4 cm³/mol. The molecule has 1 aromatic carbocycles. The van der Waals surface area contributed by atoms with E-state index in [4.69, 9.17) is 9.84 Å². The number of rotatable bonds is 7. The average molecular weight is 290 g/mol. The molecule has 0 aliphatic rings. The monoisotopic (exact) mass is 290 g/mol. The lowest BCUT2D eigenvalue weighted by Gasteiger charge is -2.17. The molecule has 112 valence electrons. The van der Waals surface area contributed by atoms with Gasteiger partial charge in [0.05, 0.1) is 19.9 Å². The molecule has 7 nitrogen and oxygen atoms in total. The van der Waals surface area contributed by atoms with E-state index in [0.717, 1.165) is 11.3 Å². The molecule has 1 aromatic heterocycles. The van der Waals surface area contributed by atoms with Gasteiger partial charge in [-0.25, -0.2) is 4.79 Å². The molecule has 1 heterocycles. The van der Waals surface area contributed by atoms with Gasteiger partial charge in [-0.1, -0.05) is 23.4 Å². The van der Waals surface area contributed by atoms with Crippen LogP contribution in [0.25, 0.3) is 0 Å². The van der Waals surface area contributed by atoms with Crippen molar-refractivity contribution in [1.29, 1.82) is 0 Å². The summed E-state index contributed by atoms with van der Waals surface area (Å²) >= 11 is 0. The van der Waals surface area contributed by atoms with Crippen LogP contribution in [-0.4, -0.2) is 39.7 Å². The summed E-state index contributed by atoms with van der Waals surface area (Å²) in [7, 11) is 1.65. The Morgan fingerprint density at radius 3 is 2.90 bits per heavy atom. The molecule has 0 unspecified atom stereocenters. The molecular formula is C14H18N4O3. The smallest absolute Gasteiger partial charge is 0.358 e. The minimum atomic E-state index is -1.07. The number of aromatic nitrogens is 3. The summed E-state index contributed by atoms with van der Waals surface area (Å²) in [5.41, 5.74) is 1.03. The Kier molecular flexibility index (Phi) is 4.89. The van der Waals surface area contributed by atoms with Crippen LogP contribution in [-0.2, 0) is 6.54 Å². The molecule has 2 rings (SSSR count). The van der Waals surface area contributed by atoms with Crippen LogP contribution in [0.1, 0.15) is 29.0 Å². The maximum atomic E-state index is 10.7. The highest BCUT2D eigenvalue weighted by Gasteiger charge is 2.11. The van der Waals surface area contributed by atoms with E-state index in [1.165, 1.54) is 10.9 Å². The second-order valence-electron chi connectivity index (χ2n) is 4.59. The van der Waals surface area contributed by atoms with Crippen molar-refractivity contribution in [2.45, 2.75) is 19.5 Å². The first kappa shape index (κ1) is 15.0. The Hall–Kier alpha value is -2.41. The maximum absolute atomic E-state index is 10.7. The first-order valence-corrected chi connectivity index (χ1v) is 6.61. The van der Waals surface area contributed by atoms with Gasteiger partial charge in [0.15, 0.2) is 5.69 Å². The van der Waals surface area contributed by atoms with E-state index in [0.29, 0.717) is 13.1 Å². The third-order valence-corrected chi connectivity index (χ3v) is 3.15. The lowest BCUT2D eigenvalue weighted by atomic mass is 10.1. The van der Waals surface area contributed by atoms with Crippen molar-refractivity contribution < 1.29 is 14.6 Å². The maximum Gasteiger partial charge on any atom is 0.358 e. The highest BCUT2D eigenvalue weighted by Crippen LogP contribution is 2.23. The van der Waals surface area contributed by atoms with E-state index in [1.54, 1.807) is 7.11 Å². The normalized spacial score (nSPS) is 12.1. The van der Waals surface area contributed by atoms with E-state index in [9.17, 15) is 4.79 Å². The first-order valence-electron chi connectivity index (χ1n) is 6.61. The van der Waals surface area contributed by atoms with Crippen molar-refractivity contribution in [3.63, 3.8) is 0 Å². The molecule has 0 aliphatic carbocycles. The Balaban J connectivity index is 1.89. The van der Waals surface area contributed by atoms with Gasteiger partial charge in [-0.15, -0.1) is 5.10 Å². The van der Waals surface area contributed by atoms with Crippen LogP contribution < -0.4 is 10.1 Å². The van der Waals surface area contributed by atoms with Crippen molar-refractivity contribution in [3.05, 3.63) is 41.7 Å². The Labute approximate surface area is 122 Å². The molecule has 0 fully saturated rings. The molecule has 0 amide bonds. The van der Waals surface area contributed by atoms with E-state index < -0.39 is 5.97 Å². The van der Waals surface area contributed by atoms with E-state index in [2.05, 4.69) is 15.6 Å². The number of hydrogen-bond donors (Lipinski definition) is 2. The fourth-order valence-corrected chi connectivity index (χ4v) is 2.04. The number of carbonyl (C=O) groups is 1. The number of nitrogens with one attached hydrogen (secondary N) is 1. The molecule has 21 heavy (non-hydrogen) atoms. The minimum Gasteiger partial charge on any atom is -0.496 e. The van der Waals surface area contributed by atoms with Crippen LogP contribution in [0.2, 0.25) is 0 Å². The molecule has 2 aromatic rings. The van der Waals surface area contributed by atoms with Crippen molar-refractivity contribution in [3.8, 4) is 5.75 Å². The van der Waals surface area contributed by atoms with Crippen LogP contribution in [0.3, 0.4) is 0 Å². The van der Waals surface area contributed by atoms with E-state index >= 15 is 0 Å². The molecular weight excluding hydrogens is 272 g/mol. The summed E-state index contributed by atoms with van der Waals surface area (Å²) in [6.07, 6.45) is 1.41. The number of carboxylic acid groups (broad SMARTS) is 1. The number of para-hydroxylation sites is 1. The zero-order valence-electron chi connectivity index (χ0n) is 12.0. The predicted octanol–water partition coefficient (Wildman–Crippen LogP) is 1.34. The lowest BCUT2D eigenvalue weighted by Crippen LogP contribution is -2.24. The summed E-state index contributed by atoms with van der Waals surface area (Å²) in [6, 6.07) is 7.94. The number of ether oxygens (including phenoxy) is 1. The van der Waals surface area contributed by atoms with Crippen molar-refractivity contribution in [2.24, 2.45) is 0 Å². The van der Waals surface area contributed by atoms with Gasteiger partial charge in [-0.2, -0.15) is 0 Å². The summed E-state index contributed by atoms with van der Waals surface area (Å²) < 4.78 is 6.83. The average Bonchev–Trinajstić information content (AvgIpc) is 2.96. The topological polar surface area (TPSA) is 89.3 Å². The summed E-state index contributed by atoms with van der Waals surface area (Å²) in [5, 5.41) is 19.4. The number of methoxy groups -OCH3 is 1. The molecule has 0 aliphatic heterocycles. The molecule has 0 saturated heterocycles. The van der Waals surface area contributed by atoms with Crippen LogP contribution in [0, 0.1) is 0 Å². The Bertz CT molecular complexity index is 612. The quantitative estimate of drug-likeness (QED) is 0.799. The van der Waals surface area contributed by atoms with Crippen molar-refractivity contribution >= 4 is 5.97 Å². The third kappa shape index (κ3) is 3.79. The number of hydrogen-bond acceptors (Lipinski definition) is 5. The first-order chi connectivity index (χ1) is 10.1. The number of aromatic carboxylic acids is 1. The minimum absolute atomic E-state index is 0.0484. The zero-order valence-corrected chi connectivity index (χ0v) is 12.0. The highest BCUT2D eigenvalue weighted by atomic mass is 16.5. The Morgan fingerprint density at radius 1 is 1.48 bits per heavy atom. The fourth-order valence-electron chi connectivity index (χ4n) is 2.04. The fraction of sp³-hybridized carbons (Fsp3) is 0.357. The standard InChI is InChI=1S/C14H18N4O3/c1-10(11-5-3-4-6-13(11)21-2)15-7-8-18-9-12(14(19)20)16-17-18/h3-6,9-10,15H,7-8H2,1-2H3,(H,19,20)/t10-/m0/s1. The third-order valence-electron chi connectivity index (χ3n) is 3.15. The summed E-state index contributed by atoms with van der Waals surface area (Å²) in [4.78, 5) is 10.7. The van der Waals surface area contributed by atoms with E-state index in [-0.39, 0.29) is 11.7 Å². The second kappa shape index (κ2) is 6.85. The molecule has 1 atom stereocenters. The van der Waals surface area contributed by atoms with Gasteiger partial charge in [0.25, 0.3) is 0 Å². The number of nitrogens with zero attached hydrogens (tertiary/aromatic N) is 3. The van der Waals surface area contributed by atoms with Gasteiger partial charge in [0, 0.05) is 18.2 Å². The zero-order chi connectivity index (χ0) is 15.2. The number of benzene rings is 1. The summed E-state index contributed by atoms with van der Waals surface area (Å²) in [6.45, 7) is 3.23. The van der Waals surface area contributed by atoms with Crippen molar-refractivity contribution in [1.82, 2.24) is 20.3 Å². The summed E-state index contributed by atoms with van der Waals surface area (Å²) in [5.74, 6) is -0.233. The molecule has 7 heteroatoms. The Morgan fingerprint density at radius 2 is 2.24 bits per heavy atom. The molecule has 0 saturated carbocycles. The second-order valence-corrected chi connectivity index (χ2v) is 4.59. The van der Waals surface area contributed by atoms with Crippen LogP contribution in [0.4, 0.5) is 0 Å². The van der Waals surface area contributed by atoms with Gasteiger partial charge < -0.3 is 15.2 Å². The van der Waals surface area contributed by atoms with E-state index in [1.807, 2.05) is 31.2 Å². The highest BCUT2D eigenvalue weighted by molar-refractivity contribution is 5.84. The van der Waals surface area contributed by atoms with Crippen LogP contribution >= 0.6 is 0 Å². The van der Waals surface area contributed by atoms with Crippen LogP contribution in [0.15, 0.2) is 30.5 Å². The molecule has 0 radical (unpaired) electrons. The SMILES string of the molecule is COc1ccccc1[C@H](C)NCCn1cc(C(=O)O)nn1. The van der Waals surface area contributed by atoms with Gasteiger partial charge in [-0.05, 0) is 13.0 Å². The van der Waals surface area contributed by atoms with Crippen LogP contribution in [0.5, 0.6) is 5.75 Å². The molecule has 0 bridgehead atoms. The lowest BCUT2D eigenvalue weighted by molar-refractivity contribution is 0.0690. The molecule has 0 spiro atoms. The van der Waals surface area contributed by atoms with Gasteiger partial charge in [0.2, 0.25) is 0 Å². The molecule has 2 N–H and O–H groups in total. The largest absolute Gasteiger partial charge is 0.496 e. The van der Waals surface area contributed by atoms with Gasteiger partial charge in [-0.3, -0.25) is 4.68 Å². The van der Waals surface area contributed by atoms with Crippen molar-refractivity contribution in [2.75, 3.05) is 13.7 Å². The number of carboxylic acids is 1.